The third-order valence-corrected chi connectivity index (χ3v) is 5.09. The van der Waals surface area contributed by atoms with Crippen molar-refractivity contribution in [3.63, 3.8) is 0 Å². The molecule has 0 amide bonds. The molecule has 1 heterocycles. The van der Waals surface area contributed by atoms with Crippen LogP contribution in [-0.2, 0) is 9.47 Å². The highest BCUT2D eigenvalue weighted by molar-refractivity contribution is 5.98. The van der Waals surface area contributed by atoms with Crippen molar-refractivity contribution in [1.82, 2.24) is 9.97 Å². The van der Waals surface area contributed by atoms with Gasteiger partial charge in [-0.05, 0) is 29.7 Å². The molecule has 11 nitrogen and oxygen atoms in total. The molecule has 0 bridgehead atoms. The number of fused-ring (bicyclic) bond motifs is 1. The molecule has 0 aliphatic heterocycles. The van der Waals surface area contributed by atoms with E-state index < -0.39 is 22.5 Å². The predicted octanol–water partition coefficient (Wildman–Crippen LogP) is 4.60. The van der Waals surface area contributed by atoms with Gasteiger partial charge >= 0.3 is 17.6 Å². The predicted molar refractivity (Wildman–Crippen MR) is 128 cm³/mol. The van der Waals surface area contributed by atoms with Gasteiger partial charge in [0.1, 0.15) is 6.33 Å². The molecule has 0 aliphatic carbocycles. The van der Waals surface area contributed by atoms with E-state index in [1.165, 1.54) is 32.4 Å². The van der Waals surface area contributed by atoms with Gasteiger partial charge in [0.05, 0.1) is 30.3 Å². The second-order valence-corrected chi connectivity index (χ2v) is 7.24. The fourth-order valence-corrected chi connectivity index (χ4v) is 3.50. The number of carbonyl (C=O) groups excluding carboxylic acids is 2. The first-order valence-corrected chi connectivity index (χ1v) is 10.2. The van der Waals surface area contributed by atoms with E-state index >= 15 is 0 Å². The van der Waals surface area contributed by atoms with Crippen LogP contribution in [0.4, 0.5) is 28.7 Å². The molecule has 0 saturated heterocycles. The van der Waals surface area contributed by atoms with Crippen LogP contribution in [0.25, 0.3) is 10.8 Å². The summed E-state index contributed by atoms with van der Waals surface area (Å²) in [5, 5.41) is 19.7. The summed E-state index contributed by atoms with van der Waals surface area (Å²) >= 11 is 0. The highest BCUT2D eigenvalue weighted by atomic mass is 16.6. The van der Waals surface area contributed by atoms with Crippen molar-refractivity contribution in [1.29, 1.82) is 0 Å². The number of anilines is 4. The quantitative estimate of drug-likeness (QED) is 0.222. The zero-order chi connectivity index (χ0) is 24.9. The average Bonchev–Trinajstić information content (AvgIpc) is 2.87. The summed E-state index contributed by atoms with van der Waals surface area (Å²) in [7, 11) is 2.39. The zero-order valence-electron chi connectivity index (χ0n) is 18.6. The van der Waals surface area contributed by atoms with Crippen molar-refractivity contribution in [3.05, 3.63) is 88.2 Å². The monoisotopic (exact) mass is 473 g/mol. The van der Waals surface area contributed by atoms with Crippen molar-refractivity contribution in [2.24, 2.45) is 0 Å². The molecule has 11 heteroatoms. The Balaban J connectivity index is 1.77. The molecule has 0 saturated carbocycles. The number of methoxy groups -OCH3 is 2. The minimum atomic E-state index is -0.700. The van der Waals surface area contributed by atoms with Gasteiger partial charge in [-0.2, -0.15) is 0 Å². The van der Waals surface area contributed by atoms with E-state index in [1.54, 1.807) is 6.07 Å². The van der Waals surface area contributed by atoms with E-state index in [1.807, 2.05) is 36.4 Å². The molecule has 0 atom stereocenters. The number of hydrogen-bond acceptors (Lipinski definition) is 10. The van der Waals surface area contributed by atoms with Gasteiger partial charge in [-0.1, -0.05) is 36.4 Å². The van der Waals surface area contributed by atoms with Crippen molar-refractivity contribution in [2.75, 3.05) is 24.9 Å². The molecule has 176 valence electrons. The van der Waals surface area contributed by atoms with Crippen LogP contribution in [0.1, 0.15) is 20.7 Å². The maximum absolute atomic E-state index is 12.1. The van der Waals surface area contributed by atoms with Gasteiger partial charge < -0.3 is 20.1 Å². The van der Waals surface area contributed by atoms with Crippen LogP contribution in [-0.4, -0.2) is 41.0 Å². The number of esters is 2. The summed E-state index contributed by atoms with van der Waals surface area (Å²) in [4.78, 5) is 43.6. The number of ether oxygens (including phenoxy) is 2. The summed E-state index contributed by atoms with van der Waals surface area (Å²) in [6.45, 7) is 0. The summed E-state index contributed by atoms with van der Waals surface area (Å²) < 4.78 is 9.46. The van der Waals surface area contributed by atoms with Crippen LogP contribution in [0.3, 0.4) is 0 Å². The van der Waals surface area contributed by atoms with E-state index in [0.717, 1.165) is 17.1 Å². The van der Waals surface area contributed by atoms with Crippen molar-refractivity contribution < 1.29 is 24.0 Å². The van der Waals surface area contributed by atoms with Gasteiger partial charge in [0.2, 0.25) is 11.6 Å². The zero-order valence-corrected chi connectivity index (χ0v) is 18.6. The Bertz CT molecular complexity index is 1420. The first kappa shape index (κ1) is 23.1. The first-order valence-electron chi connectivity index (χ1n) is 10.2. The SMILES string of the molecule is COC(=O)c1cc(Nc2ncnc(Nc3cccc4ccccc34)c2[N+](=O)[O-])cc(C(=O)OC)c1. The third kappa shape index (κ3) is 4.83. The molecular formula is C24H19N5O6. The molecule has 0 spiro atoms. The van der Waals surface area contributed by atoms with Crippen LogP contribution >= 0.6 is 0 Å². The van der Waals surface area contributed by atoms with Gasteiger partial charge in [-0.15, -0.1) is 0 Å². The number of benzene rings is 3. The van der Waals surface area contributed by atoms with Crippen LogP contribution < -0.4 is 10.6 Å². The minimum absolute atomic E-state index is 0.0406. The minimum Gasteiger partial charge on any atom is -0.465 e. The molecule has 4 rings (SSSR count). The second-order valence-electron chi connectivity index (χ2n) is 7.24. The summed E-state index contributed by atoms with van der Waals surface area (Å²) in [5.74, 6) is -1.59. The van der Waals surface area contributed by atoms with Gasteiger partial charge in [-0.3, -0.25) is 10.1 Å². The number of rotatable bonds is 7. The molecule has 0 aliphatic rings. The Morgan fingerprint density at radius 3 is 2.09 bits per heavy atom. The van der Waals surface area contributed by atoms with Crippen molar-refractivity contribution in [3.8, 4) is 0 Å². The summed E-state index contributed by atoms with van der Waals surface area (Å²) in [5.41, 5.74) is 0.471. The Morgan fingerprint density at radius 2 is 1.46 bits per heavy atom. The van der Waals surface area contributed by atoms with Crippen LogP contribution in [0.2, 0.25) is 0 Å². The Labute approximate surface area is 198 Å². The standard InChI is InChI=1S/C24H19N5O6/c1-34-23(30)15-10-16(24(31)35-2)12-17(11-15)27-21-20(29(32)33)22(26-13-25-21)28-19-9-5-7-14-6-3-4-8-18(14)19/h3-13H,1-2H3,(H2,25,26,27,28). The van der Waals surface area contributed by atoms with E-state index in [0.29, 0.717) is 5.69 Å². The van der Waals surface area contributed by atoms with Crippen molar-refractivity contribution in [2.45, 2.75) is 0 Å². The molecule has 2 N–H and O–H groups in total. The van der Waals surface area contributed by atoms with Gasteiger partial charge in [0.25, 0.3) is 0 Å². The molecular weight excluding hydrogens is 454 g/mol. The lowest BCUT2D eigenvalue weighted by atomic mass is 10.1. The largest absolute Gasteiger partial charge is 0.465 e. The van der Waals surface area contributed by atoms with Gasteiger partial charge in [0.15, 0.2) is 0 Å². The summed E-state index contributed by atoms with van der Waals surface area (Å²) in [6.07, 6.45) is 1.16. The smallest absolute Gasteiger partial charge is 0.353 e. The Morgan fingerprint density at radius 1 is 0.857 bits per heavy atom. The number of hydrogen-bond donors (Lipinski definition) is 2. The fraction of sp³-hybridized carbons (Fsp3) is 0.0833. The van der Waals surface area contributed by atoms with Crippen LogP contribution in [0.5, 0.6) is 0 Å². The highest BCUT2D eigenvalue weighted by Gasteiger charge is 2.24. The number of nitro groups is 1. The number of carbonyl (C=O) groups is 2. The van der Waals surface area contributed by atoms with E-state index in [-0.39, 0.29) is 28.5 Å². The fourth-order valence-electron chi connectivity index (χ4n) is 3.50. The van der Waals surface area contributed by atoms with E-state index in [9.17, 15) is 19.7 Å². The van der Waals surface area contributed by atoms with Crippen LogP contribution in [0.15, 0.2) is 67.0 Å². The maximum Gasteiger partial charge on any atom is 0.353 e. The van der Waals surface area contributed by atoms with Crippen LogP contribution in [0, 0.1) is 10.1 Å². The summed E-state index contributed by atoms with van der Waals surface area (Å²) in [6, 6.07) is 17.1. The number of nitrogens with zero attached hydrogens (tertiary/aromatic N) is 3. The van der Waals surface area contributed by atoms with Crippen molar-refractivity contribution >= 4 is 51.4 Å². The third-order valence-electron chi connectivity index (χ3n) is 5.09. The first-order chi connectivity index (χ1) is 16.9. The molecule has 35 heavy (non-hydrogen) atoms. The topological polar surface area (TPSA) is 146 Å². The molecule has 0 radical (unpaired) electrons. The van der Waals surface area contributed by atoms with E-state index in [2.05, 4.69) is 20.6 Å². The molecule has 0 fully saturated rings. The Kier molecular flexibility index (Phi) is 6.49. The Hall–Kier alpha value is -5.06. The molecule has 4 aromatic rings. The maximum atomic E-state index is 12.1. The average molecular weight is 473 g/mol. The molecule has 0 unspecified atom stereocenters. The normalized spacial score (nSPS) is 10.5. The lowest BCUT2D eigenvalue weighted by Gasteiger charge is -2.13. The number of aromatic nitrogens is 2. The molecule has 1 aromatic heterocycles. The highest BCUT2D eigenvalue weighted by Crippen LogP contribution is 2.35. The van der Waals surface area contributed by atoms with Gasteiger partial charge in [0, 0.05) is 16.8 Å². The number of nitrogens with one attached hydrogen (secondary N) is 2. The van der Waals surface area contributed by atoms with Gasteiger partial charge in [-0.25, -0.2) is 19.6 Å². The molecule has 3 aromatic carbocycles. The lowest BCUT2D eigenvalue weighted by Crippen LogP contribution is -2.09. The van der Waals surface area contributed by atoms with E-state index in [4.69, 9.17) is 9.47 Å². The second kappa shape index (κ2) is 9.83. The lowest BCUT2D eigenvalue weighted by molar-refractivity contribution is -0.383.